The van der Waals surface area contributed by atoms with Gasteiger partial charge in [-0.25, -0.2) is 12.8 Å². The highest BCUT2D eigenvalue weighted by Crippen LogP contribution is 2.37. The Kier molecular flexibility index (Phi) is 6.64. The summed E-state index contributed by atoms with van der Waals surface area (Å²) in [5, 5.41) is 1.81. The number of hydrogen-bond donors (Lipinski definition) is 1. The van der Waals surface area contributed by atoms with Crippen LogP contribution < -0.4 is 5.32 Å². The van der Waals surface area contributed by atoms with Crippen molar-refractivity contribution in [1.29, 1.82) is 0 Å². The first kappa shape index (κ1) is 23.5. The molecule has 1 heterocycles. The summed E-state index contributed by atoms with van der Waals surface area (Å²) in [6.45, 7) is 2.60. The van der Waals surface area contributed by atoms with Gasteiger partial charge in [0.1, 0.15) is 5.82 Å². The van der Waals surface area contributed by atoms with Crippen LogP contribution in [0, 0.1) is 11.7 Å². The molecular formula is C20H19ClF4N2O3S. The first-order chi connectivity index (χ1) is 14.4. The topological polar surface area (TPSA) is 66.5 Å². The Labute approximate surface area is 182 Å². The molecule has 0 unspecified atom stereocenters. The highest BCUT2D eigenvalue weighted by atomic mass is 35.5. The van der Waals surface area contributed by atoms with E-state index in [-0.39, 0.29) is 9.92 Å². The molecule has 0 bridgehead atoms. The van der Waals surface area contributed by atoms with E-state index >= 15 is 0 Å². The SMILES string of the molecule is CC1CCN(S(=O)(=O)c2ccc(F)c(C(=O)Nc3ccc(Cl)cc3C(F)(F)F)c2)CC1. The van der Waals surface area contributed by atoms with Gasteiger partial charge in [-0.2, -0.15) is 17.5 Å². The zero-order chi connectivity index (χ0) is 23.0. The smallest absolute Gasteiger partial charge is 0.321 e. The molecule has 0 aromatic heterocycles. The fourth-order valence-electron chi connectivity index (χ4n) is 3.26. The lowest BCUT2D eigenvalue weighted by Gasteiger charge is -2.29. The Morgan fingerprint density at radius 3 is 2.39 bits per heavy atom. The largest absolute Gasteiger partial charge is 0.418 e. The number of carbonyl (C=O) groups is 1. The third-order valence-electron chi connectivity index (χ3n) is 5.10. The summed E-state index contributed by atoms with van der Waals surface area (Å²) in [7, 11) is -3.98. The summed E-state index contributed by atoms with van der Waals surface area (Å²) < 4.78 is 81.0. The van der Waals surface area contributed by atoms with Crippen LogP contribution in [0.1, 0.15) is 35.7 Å². The lowest BCUT2D eigenvalue weighted by Crippen LogP contribution is -2.38. The molecule has 2 aromatic rings. The molecule has 0 saturated carbocycles. The number of rotatable bonds is 4. The van der Waals surface area contributed by atoms with E-state index < -0.39 is 44.7 Å². The maximum atomic E-state index is 14.3. The summed E-state index contributed by atoms with van der Waals surface area (Å²) in [4.78, 5) is 12.2. The quantitative estimate of drug-likeness (QED) is 0.616. The van der Waals surface area contributed by atoms with Gasteiger partial charge < -0.3 is 5.32 Å². The zero-order valence-electron chi connectivity index (χ0n) is 16.3. The van der Waals surface area contributed by atoms with E-state index in [1.165, 1.54) is 4.31 Å². The number of benzene rings is 2. The molecule has 1 amide bonds. The fraction of sp³-hybridized carbons (Fsp3) is 0.350. The van der Waals surface area contributed by atoms with Gasteiger partial charge in [0.05, 0.1) is 21.7 Å². The van der Waals surface area contributed by atoms with Crippen molar-refractivity contribution < 1.29 is 30.8 Å². The molecule has 1 N–H and O–H groups in total. The second-order valence-corrected chi connectivity index (χ2v) is 9.74. The fourth-order valence-corrected chi connectivity index (χ4v) is 4.93. The van der Waals surface area contributed by atoms with Crippen molar-refractivity contribution in [3.63, 3.8) is 0 Å². The van der Waals surface area contributed by atoms with Crippen LogP contribution in [0.2, 0.25) is 5.02 Å². The van der Waals surface area contributed by atoms with Gasteiger partial charge in [0.25, 0.3) is 5.91 Å². The highest BCUT2D eigenvalue weighted by molar-refractivity contribution is 7.89. The van der Waals surface area contributed by atoms with Crippen LogP contribution in [0.4, 0.5) is 23.2 Å². The Bertz CT molecular complexity index is 1100. The zero-order valence-corrected chi connectivity index (χ0v) is 17.9. The molecule has 11 heteroatoms. The molecule has 2 aromatic carbocycles. The van der Waals surface area contributed by atoms with Crippen molar-refractivity contribution in [2.45, 2.75) is 30.8 Å². The second kappa shape index (κ2) is 8.76. The Hall–Kier alpha value is -2.17. The standard InChI is InChI=1S/C20H19ClF4N2O3S/c1-12-6-8-27(9-7-12)31(29,30)14-3-4-17(22)15(11-14)19(28)26-18-5-2-13(21)10-16(18)20(23,24)25/h2-5,10-12H,6-9H2,1H3,(H,26,28). The van der Waals surface area contributed by atoms with Gasteiger partial charge in [-0.3, -0.25) is 4.79 Å². The number of carbonyl (C=O) groups excluding carboxylic acids is 1. The van der Waals surface area contributed by atoms with E-state index in [0.29, 0.717) is 37.9 Å². The van der Waals surface area contributed by atoms with Crippen molar-refractivity contribution in [2.24, 2.45) is 5.92 Å². The van der Waals surface area contributed by atoms with Gasteiger partial charge in [-0.05, 0) is 55.2 Å². The minimum absolute atomic E-state index is 0.194. The maximum Gasteiger partial charge on any atom is 0.418 e. The first-order valence-electron chi connectivity index (χ1n) is 9.37. The number of piperidine rings is 1. The molecule has 3 rings (SSSR count). The molecule has 168 valence electrons. The molecule has 1 saturated heterocycles. The summed E-state index contributed by atoms with van der Waals surface area (Å²) in [6, 6.07) is 5.38. The van der Waals surface area contributed by atoms with Crippen molar-refractivity contribution in [3.8, 4) is 0 Å². The molecule has 0 atom stereocenters. The number of nitrogens with one attached hydrogen (secondary N) is 1. The molecular weight excluding hydrogens is 460 g/mol. The average molecular weight is 479 g/mol. The summed E-state index contributed by atoms with van der Waals surface area (Å²) in [5.41, 5.74) is -2.52. The number of nitrogens with zero attached hydrogens (tertiary/aromatic N) is 1. The van der Waals surface area contributed by atoms with Crippen LogP contribution in [0.15, 0.2) is 41.3 Å². The van der Waals surface area contributed by atoms with Gasteiger partial charge in [0.2, 0.25) is 10.0 Å². The van der Waals surface area contributed by atoms with Gasteiger partial charge in [0, 0.05) is 18.1 Å². The van der Waals surface area contributed by atoms with E-state index in [1.807, 2.05) is 12.2 Å². The van der Waals surface area contributed by atoms with E-state index in [1.54, 1.807) is 0 Å². The van der Waals surface area contributed by atoms with Crippen LogP contribution in [0.5, 0.6) is 0 Å². The third-order valence-corrected chi connectivity index (χ3v) is 7.23. The van der Waals surface area contributed by atoms with Crippen LogP contribution in [-0.2, 0) is 16.2 Å². The molecule has 1 fully saturated rings. The molecule has 1 aliphatic rings. The molecule has 5 nitrogen and oxygen atoms in total. The Morgan fingerprint density at radius 2 is 1.77 bits per heavy atom. The number of halogens is 5. The van der Waals surface area contributed by atoms with Crippen molar-refractivity contribution >= 4 is 33.2 Å². The molecule has 0 radical (unpaired) electrons. The molecule has 0 spiro atoms. The van der Waals surface area contributed by atoms with Crippen molar-refractivity contribution in [1.82, 2.24) is 4.31 Å². The van der Waals surface area contributed by atoms with Crippen LogP contribution in [-0.4, -0.2) is 31.7 Å². The normalized spacial score (nSPS) is 16.3. The summed E-state index contributed by atoms with van der Waals surface area (Å²) in [5.74, 6) is -1.90. The van der Waals surface area contributed by atoms with Gasteiger partial charge in [-0.15, -0.1) is 0 Å². The number of alkyl halides is 3. The minimum Gasteiger partial charge on any atom is -0.321 e. The molecule has 31 heavy (non-hydrogen) atoms. The van der Waals surface area contributed by atoms with Crippen LogP contribution in [0.3, 0.4) is 0 Å². The van der Waals surface area contributed by atoms with E-state index in [4.69, 9.17) is 11.6 Å². The predicted octanol–water partition coefficient (Wildman–Crippen LogP) is 5.17. The third kappa shape index (κ3) is 5.19. The van der Waals surface area contributed by atoms with Crippen molar-refractivity contribution in [3.05, 3.63) is 58.4 Å². The van der Waals surface area contributed by atoms with E-state index in [9.17, 15) is 30.8 Å². The van der Waals surface area contributed by atoms with Crippen LogP contribution in [0.25, 0.3) is 0 Å². The van der Waals surface area contributed by atoms with Gasteiger partial charge >= 0.3 is 6.18 Å². The van der Waals surface area contributed by atoms with Gasteiger partial charge in [0.15, 0.2) is 0 Å². The minimum atomic E-state index is -4.82. The lowest BCUT2D eigenvalue weighted by atomic mass is 10.0. The highest BCUT2D eigenvalue weighted by Gasteiger charge is 2.35. The number of amides is 1. The maximum absolute atomic E-state index is 14.3. The summed E-state index contributed by atoms with van der Waals surface area (Å²) >= 11 is 5.61. The Balaban J connectivity index is 1.92. The number of anilines is 1. The Morgan fingerprint density at radius 1 is 1.13 bits per heavy atom. The molecule has 1 aliphatic heterocycles. The van der Waals surface area contributed by atoms with E-state index in [0.717, 1.165) is 30.3 Å². The van der Waals surface area contributed by atoms with E-state index in [2.05, 4.69) is 0 Å². The predicted molar refractivity (Wildman–Crippen MR) is 108 cm³/mol. The van der Waals surface area contributed by atoms with Crippen LogP contribution >= 0.6 is 11.6 Å². The first-order valence-corrected chi connectivity index (χ1v) is 11.2. The second-order valence-electron chi connectivity index (χ2n) is 7.37. The number of hydrogen-bond acceptors (Lipinski definition) is 3. The lowest BCUT2D eigenvalue weighted by molar-refractivity contribution is -0.136. The summed E-state index contributed by atoms with van der Waals surface area (Å²) in [6.07, 6.45) is -3.47. The molecule has 0 aliphatic carbocycles. The van der Waals surface area contributed by atoms with Gasteiger partial charge in [-0.1, -0.05) is 18.5 Å². The van der Waals surface area contributed by atoms with Crippen molar-refractivity contribution in [2.75, 3.05) is 18.4 Å². The number of sulfonamides is 1. The monoisotopic (exact) mass is 478 g/mol. The average Bonchev–Trinajstić information content (AvgIpc) is 2.69.